The molecule has 0 radical (unpaired) electrons. The zero-order valence-electron chi connectivity index (χ0n) is 15.5. The van der Waals surface area contributed by atoms with Crippen molar-refractivity contribution in [3.63, 3.8) is 0 Å². The van der Waals surface area contributed by atoms with Gasteiger partial charge in [-0.3, -0.25) is 9.59 Å². The van der Waals surface area contributed by atoms with Crippen LogP contribution in [0.25, 0.3) is 0 Å². The van der Waals surface area contributed by atoms with Gasteiger partial charge in [0.15, 0.2) is 0 Å². The van der Waals surface area contributed by atoms with Gasteiger partial charge in [-0.1, -0.05) is 12.1 Å². The molecule has 1 fully saturated rings. The molecule has 0 aromatic heterocycles. The molecule has 2 N–H and O–H groups in total. The Hall–Kier alpha value is -3.15. The normalized spacial score (nSPS) is 13.8. The van der Waals surface area contributed by atoms with E-state index in [1.54, 1.807) is 31.2 Å². The first-order valence-corrected chi connectivity index (χ1v) is 9.05. The van der Waals surface area contributed by atoms with E-state index in [0.717, 1.165) is 29.8 Å². The third-order valence-corrected chi connectivity index (χ3v) is 4.25. The molecule has 140 valence electrons. The second kappa shape index (κ2) is 8.49. The van der Waals surface area contributed by atoms with Gasteiger partial charge in [-0.2, -0.15) is 5.10 Å². The Morgan fingerprint density at radius 3 is 2.52 bits per heavy atom. The minimum Gasteiger partial charge on any atom is -0.494 e. The van der Waals surface area contributed by atoms with Crippen molar-refractivity contribution in [2.45, 2.75) is 26.7 Å². The first kappa shape index (κ1) is 18.6. The van der Waals surface area contributed by atoms with Crippen molar-refractivity contribution in [3.8, 4) is 5.75 Å². The van der Waals surface area contributed by atoms with Crippen LogP contribution in [0.15, 0.2) is 53.6 Å². The largest absolute Gasteiger partial charge is 0.494 e. The van der Waals surface area contributed by atoms with E-state index in [1.165, 1.54) is 0 Å². The summed E-state index contributed by atoms with van der Waals surface area (Å²) in [6.45, 7) is 4.29. The van der Waals surface area contributed by atoms with Crippen LogP contribution in [-0.2, 0) is 4.79 Å². The summed E-state index contributed by atoms with van der Waals surface area (Å²) in [5, 5.41) is 7.08. The van der Waals surface area contributed by atoms with Gasteiger partial charge in [0.05, 0.1) is 12.3 Å². The van der Waals surface area contributed by atoms with Crippen LogP contribution in [0, 0.1) is 5.92 Å². The van der Waals surface area contributed by atoms with Crippen LogP contribution < -0.4 is 15.5 Å². The van der Waals surface area contributed by atoms with Gasteiger partial charge in [-0.15, -0.1) is 0 Å². The molecular formula is C21H23N3O3. The number of nitrogens with one attached hydrogen (secondary N) is 2. The van der Waals surface area contributed by atoms with Crippen molar-refractivity contribution < 1.29 is 14.3 Å². The Morgan fingerprint density at radius 2 is 1.85 bits per heavy atom. The highest BCUT2D eigenvalue weighted by Gasteiger charge is 2.29. The smallest absolute Gasteiger partial charge is 0.271 e. The highest BCUT2D eigenvalue weighted by Crippen LogP contribution is 2.30. The van der Waals surface area contributed by atoms with E-state index >= 15 is 0 Å². The molecular weight excluding hydrogens is 342 g/mol. The van der Waals surface area contributed by atoms with E-state index in [0.29, 0.717) is 17.9 Å². The summed E-state index contributed by atoms with van der Waals surface area (Å²) < 4.78 is 5.36. The quantitative estimate of drug-likeness (QED) is 0.581. The minimum atomic E-state index is -0.296. The van der Waals surface area contributed by atoms with Crippen molar-refractivity contribution in [1.82, 2.24) is 5.43 Å². The summed E-state index contributed by atoms with van der Waals surface area (Å²) in [5.41, 5.74) is 5.27. The van der Waals surface area contributed by atoms with Gasteiger partial charge >= 0.3 is 0 Å². The predicted octanol–water partition coefficient (Wildman–Crippen LogP) is 3.59. The number of hydrazone groups is 1. The average Bonchev–Trinajstić information content (AvgIpc) is 3.52. The maximum atomic E-state index is 12.2. The Morgan fingerprint density at radius 1 is 1.11 bits per heavy atom. The molecule has 1 aliphatic carbocycles. The van der Waals surface area contributed by atoms with Crippen LogP contribution in [0.3, 0.4) is 0 Å². The fourth-order valence-electron chi connectivity index (χ4n) is 2.54. The third-order valence-electron chi connectivity index (χ3n) is 4.25. The lowest BCUT2D eigenvalue weighted by molar-refractivity contribution is -0.117. The number of benzene rings is 2. The molecule has 0 unspecified atom stereocenters. The second-order valence-corrected chi connectivity index (χ2v) is 6.44. The number of carbonyl (C=O) groups excluding carboxylic acids is 2. The number of hydrogen-bond donors (Lipinski definition) is 2. The van der Waals surface area contributed by atoms with E-state index in [9.17, 15) is 9.59 Å². The summed E-state index contributed by atoms with van der Waals surface area (Å²) >= 11 is 0. The van der Waals surface area contributed by atoms with Crippen LogP contribution in [-0.4, -0.2) is 24.1 Å². The molecule has 1 aliphatic rings. The Balaban J connectivity index is 1.62. The maximum absolute atomic E-state index is 12.2. The van der Waals surface area contributed by atoms with E-state index < -0.39 is 0 Å². The molecule has 1 saturated carbocycles. The molecule has 0 heterocycles. The van der Waals surface area contributed by atoms with E-state index in [4.69, 9.17) is 4.74 Å². The van der Waals surface area contributed by atoms with Crippen molar-refractivity contribution in [3.05, 3.63) is 59.7 Å². The molecule has 2 aromatic carbocycles. The SMILES string of the molecule is CCOc1ccc(C(=O)NN=C(C)c2cccc(NC(=O)C3CC3)c2)cc1. The third kappa shape index (κ3) is 5.17. The van der Waals surface area contributed by atoms with Gasteiger partial charge in [0, 0.05) is 17.2 Å². The lowest BCUT2D eigenvalue weighted by Crippen LogP contribution is -2.19. The van der Waals surface area contributed by atoms with Gasteiger partial charge in [0.25, 0.3) is 5.91 Å². The highest BCUT2D eigenvalue weighted by molar-refractivity contribution is 6.02. The molecule has 0 spiro atoms. The van der Waals surface area contributed by atoms with Crippen LogP contribution in [0.2, 0.25) is 0 Å². The summed E-state index contributed by atoms with van der Waals surface area (Å²) in [4.78, 5) is 24.1. The molecule has 0 saturated heterocycles. The molecule has 2 amide bonds. The average molecular weight is 365 g/mol. The number of nitrogens with zero attached hydrogens (tertiary/aromatic N) is 1. The fraction of sp³-hybridized carbons (Fsp3) is 0.286. The molecule has 6 heteroatoms. The van der Waals surface area contributed by atoms with Crippen molar-refractivity contribution in [1.29, 1.82) is 0 Å². The monoisotopic (exact) mass is 365 g/mol. The molecule has 0 bridgehead atoms. The predicted molar refractivity (Wildman–Crippen MR) is 105 cm³/mol. The lowest BCUT2D eigenvalue weighted by Gasteiger charge is -2.08. The van der Waals surface area contributed by atoms with Crippen LogP contribution >= 0.6 is 0 Å². The summed E-state index contributed by atoms with van der Waals surface area (Å²) in [6.07, 6.45) is 1.92. The van der Waals surface area contributed by atoms with Crippen molar-refractivity contribution in [2.24, 2.45) is 11.0 Å². The molecule has 6 nitrogen and oxygen atoms in total. The fourth-order valence-corrected chi connectivity index (χ4v) is 2.54. The number of anilines is 1. The zero-order valence-corrected chi connectivity index (χ0v) is 15.5. The summed E-state index contributed by atoms with van der Waals surface area (Å²) in [7, 11) is 0. The minimum absolute atomic E-state index is 0.0607. The molecule has 0 aliphatic heterocycles. The Kier molecular flexibility index (Phi) is 5.86. The number of ether oxygens (including phenoxy) is 1. The number of rotatable bonds is 7. The van der Waals surface area contributed by atoms with Gasteiger partial charge in [-0.25, -0.2) is 5.43 Å². The van der Waals surface area contributed by atoms with Crippen molar-refractivity contribution >= 4 is 23.2 Å². The maximum Gasteiger partial charge on any atom is 0.271 e. The van der Waals surface area contributed by atoms with E-state index in [1.807, 2.05) is 31.2 Å². The van der Waals surface area contributed by atoms with Gasteiger partial charge in [-0.05, 0) is 68.7 Å². The molecule has 3 rings (SSSR count). The molecule has 27 heavy (non-hydrogen) atoms. The molecule has 0 atom stereocenters. The number of hydrogen-bond acceptors (Lipinski definition) is 4. The summed E-state index contributed by atoms with van der Waals surface area (Å²) in [5.74, 6) is 0.636. The van der Waals surface area contributed by atoms with E-state index in [2.05, 4.69) is 15.8 Å². The standard InChI is InChI=1S/C21H23N3O3/c1-3-27-19-11-9-16(10-12-19)21(26)24-23-14(2)17-5-4-6-18(13-17)22-20(25)15-7-8-15/h4-6,9-13,15H,3,7-8H2,1-2H3,(H,22,25)(H,24,26). The number of amides is 2. The van der Waals surface area contributed by atoms with Crippen LogP contribution in [0.4, 0.5) is 5.69 Å². The van der Waals surface area contributed by atoms with Gasteiger partial charge < -0.3 is 10.1 Å². The van der Waals surface area contributed by atoms with E-state index in [-0.39, 0.29) is 17.7 Å². The number of carbonyl (C=O) groups is 2. The first-order chi connectivity index (χ1) is 13.1. The lowest BCUT2D eigenvalue weighted by atomic mass is 10.1. The van der Waals surface area contributed by atoms with Crippen LogP contribution in [0.5, 0.6) is 5.75 Å². The topological polar surface area (TPSA) is 79.8 Å². The van der Waals surface area contributed by atoms with Gasteiger partial charge in [0.1, 0.15) is 5.75 Å². The van der Waals surface area contributed by atoms with Crippen LogP contribution in [0.1, 0.15) is 42.6 Å². The van der Waals surface area contributed by atoms with Gasteiger partial charge in [0.2, 0.25) is 5.91 Å². The molecule has 2 aromatic rings. The Bertz CT molecular complexity index is 855. The second-order valence-electron chi connectivity index (χ2n) is 6.44. The Labute approximate surface area is 158 Å². The highest BCUT2D eigenvalue weighted by atomic mass is 16.5. The first-order valence-electron chi connectivity index (χ1n) is 9.05. The summed E-state index contributed by atoms with van der Waals surface area (Å²) in [6, 6.07) is 14.3. The zero-order chi connectivity index (χ0) is 19.2. The van der Waals surface area contributed by atoms with Crippen molar-refractivity contribution in [2.75, 3.05) is 11.9 Å².